The molecule has 0 fully saturated rings. The number of nitrogens with one attached hydrogen (secondary N) is 3. The minimum Gasteiger partial charge on any atom is -0.478 e. The van der Waals surface area contributed by atoms with Crippen molar-refractivity contribution in [1.82, 2.24) is 10.4 Å². The first kappa shape index (κ1) is 14.6. The number of ether oxygens (including phenoxy) is 1. The van der Waals surface area contributed by atoms with Crippen molar-refractivity contribution < 1.29 is 19.4 Å². The van der Waals surface area contributed by atoms with Crippen LogP contribution < -0.4 is 16.4 Å². The van der Waals surface area contributed by atoms with Gasteiger partial charge in [0.15, 0.2) is 0 Å². The molecule has 0 aliphatic rings. The van der Waals surface area contributed by atoms with Gasteiger partial charge in [-0.1, -0.05) is 0 Å². The van der Waals surface area contributed by atoms with Gasteiger partial charge in [0.2, 0.25) is 5.56 Å². The van der Waals surface area contributed by atoms with E-state index in [1.54, 1.807) is 20.8 Å². The van der Waals surface area contributed by atoms with Crippen molar-refractivity contribution in [2.75, 3.05) is 5.43 Å². The smallest absolute Gasteiger partial charge is 0.426 e. The zero-order valence-electron chi connectivity index (χ0n) is 10.7. The largest absolute Gasteiger partial charge is 0.478 e. The number of hydrogen-bond donors (Lipinski definition) is 4. The SMILES string of the molecule is CC(C)(C)OC(=O)NNc1cc(=O)[nH]cc1C(=O)O. The van der Waals surface area contributed by atoms with Gasteiger partial charge in [-0.15, -0.1) is 0 Å². The maximum absolute atomic E-state index is 11.4. The predicted molar refractivity (Wildman–Crippen MR) is 67.0 cm³/mol. The number of aromatic amines is 1. The van der Waals surface area contributed by atoms with Crippen LogP contribution in [0.25, 0.3) is 0 Å². The fourth-order valence-corrected chi connectivity index (χ4v) is 1.17. The van der Waals surface area contributed by atoms with Gasteiger partial charge in [0.25, 0.3) is 0 Å². The van der Waals surface area contributed by atoms with E-state index < -0.39 is 23.2 Å². The Morgan fingerprint density at radius 3 is 2.53 bits per heavy atom. The third kappa shape index (κ3) is 4.70. The number of aromatic carboxylic acids is 1. The summed E-state index contributed by atoms with van der Waals surface area (Å²) in [6, 6.07) is 1.01. The molecule has 104 valence electrons. The van der Waals surface area contributed by atoms with Crippen LogP contribution in [-0.2, 0) is 4.74 Å². The lowest BCUT2D eigenvalue weighted by molar-refractivity contribution is 0.0539. The Morgan fingerprint density at radius 1 is 1.37 bits per heavy atom. The van der Waals surface area contributed by atoms with Crippen molar-refractivity contribution in [2.24, 2.45) is 0 Å². The van der Waals surface area contributed by atoms with Crippen molar-refractivity contribution in [3.63, 3.8) is 0 Å². The summed E-state index contributed by atoms with van der Waals surface area (Å²) in [6.45, 7) is 5.05. The van der Waals surface area contributed by atoms with E-state index in [9.17, 15) is 14.4 Å². The summed E-state index contributed by atoms with van der Waals surface area (Å²) >= 11 is 0. The topological polar surface area (TPSA) is 121 Å². The van der Waals surface area contributed by atoms with Crippen LogP contribution in [-0.4, -0.2) is 27.8 Å². The zero-order chi connectivity index (χ0) is 14.6. The van der Waals surface area contributed by atoms with Crippen molar-refractivity contribution in [1.29, 1.82) is 0 Å². The molecule has 1 rings (SSSR count). The Hall–Kier alpha value is -2.51. The molecule has 0 unspecified atom stereocenters. The van der Waals surface area contributed by atoms with E-state index in [2.05, 4.69) is 15.8 Å². The second kappa shape index (κ2) is 5.42. The van der Waals surface area contributed by atoms with Crippen molar-refractivity contribution in [2.45, 2.75) is 26.4 Å². The lowest BCUT2D eigenvalue weighted by atomic mass is 10.2. The molecule has 0 aliphatic heterocycles. The summed E-state index contributed by atoms with van der Waals surface area (Å²) in [4.78, 5) is 35.6. The fraction of sp³-hybridized carbons (Fsp3) is 0.364. The second-order valence-electron chi connectivity index (χ2n) is 4.68. The van der Waals surface area contributed by atoms with Gasteiger partial charge in [-0.2, -0.15) is 0 Å². The van der Waals surface area contributed by atoms with E-state index in [1.807, 2.05) is 0 Å². The first-order chi connectivity index (χ1) is 8.69. The lowest BCUT2D eigenvalue weighted by Gasteiger charge is -2.20. The van der Waals surface area contributed by atoms with Crippen LogP contribution >= 0.6 is 0 Å². The summed E-state index contributed by atoms with van der Waals surface area (Å²) in [5.41, 5.74) is 3.07. The third-order valence-electron chi connectivity index (χ3n) is 1.85. The first-order valence-corrected chi connectivity index (χ1v) is 5.40. The maximum Gasteiger partial charge on any atom is 0.426 e. The number of aromatic nitrogens is 1. The van der Waals surface area contributed by atoms with Crippen LogP contribution in [0.4, 0.5) is 10.5 Å². The Bertz CT molecular complexity index is 544. The Balaban J connectivity index is 2.78. The fourth-order valence-electron chi connectivity index (χ4n) is 1.17. The van der Waals surface area contributed by atoms with Crippen molar-refractivity contribution in [3.05, 3.63) is 28.2 Å². The summed E-state index contributed by atoms with van der Waals surface area (Å²) in [5.74, 6) is -1.25. The monoisotopic (exact) mass is 269 g/mol. The van der Waals surface area contributed by atoms with Crippen LogP contribution in [0, 0.1) is 0 Å². The van der Waals surface area contributed by atoms with Gasteiger partial charge >= 0.3 is 12.1 Å². The Labute approximate surface area is 108 Å². The molecule has 0 atom stereocenters. The summed E-state index contributed by atoms with van der Waals surface area (Å²) in [6.07, 6.45) is 0.244. The highest BCUT2D eigenvalue weighted by molar-refractivity contribution is 5.93. The molecule has 8 heteroatoms. The average Bonchev–Trinajstić information content (AvgIpc) is 2.23. The molecule has 1 heterocycles. The number of pyridine rings is 1. The molecule has 0 aromatic carbocycles. The number of hydrazine groups is 1. The number of carbonyl (C=O) groups is 2. The summed E-state index contributed by atoms with van der Waals surface area (Å²) in [7, 11) is 0. The summed E-state index contributed by atoms with van der Waals surface area (Å²) < 4.78 is 4.94. The van der Waals surface area contributed by atoms with Crippen LogP contribution in [0.3, 0.4) is 0 Å². The molecule has 0 radical (unpaired) electrons. The molecular formula is C11H15N3O5. The van der Waals surface area contributed by atoms with Gasteiger partial charge in [0, 0.05) is 12.3 Å². The van der Waals surface area contributed by atoms with Crippen molar-refractivity contribution >= 4 is 17.7 Å². The van der Waals surface area contributed by atoms with Gasteiger partial charge < -0.3 is 14.8 Å². The van der Waals surface area contributed by atoms with Gasteiger partial charge in [0.1, 0.15) is 11.2 Å². The zero-order valence-corrected chi connectivity index (χ0v) is 10.7. The molecule has 0 saturated carbocycles. The highest BCUT2D eigenvalue weighted by atomic mass is 16.6. The van der Waals surface area contributed by atoms with E-state index >= 15 is 0 Å². The quantitative estimate of drug-likeness (QED) is 0.606. The van der Waals surface area contributed by atoms with Crippen LogP contribution in [0.5, 0.6) is 0 Å². The van der Waals surface area contributed by atoms with Crippen LogP contribution in [0.1, 0.15) is 31.1 Å². The van der Waals surface area contributed by atoms with E-state index in [0.29, 0.717) is 0 Å². The first-order valence-electron chi connectivity index (χ1n) is 5.40. The van der Waals surface area contributed by atoms with E-state index in [1.165, 1.54) is 0 Å². The number of carboxylic acid groups (broad SMARTS) is 1. The van der Waals surface area contributed by atoms with Gasteiger partial charge in [-0.05, 0) is 20.8 Å². The van der Waals surface area contributed by atoms with Gasteiger partial charge in [0.05, 0.1) is 5.69 Å². The van der Waals surface area contributed by atoms with Crippen LogP contribution in [0.15, 0.2) is 17.1 Å². The summed E-state index contributed by atoms with van der Waals surface area (Å²) in [5, 5.41) is 8.90. The molecule has 19 heavy (non-hydrogen) atoms. The molecular weight excluding hydrogens is 254 g/mol. The number of anilines is 1. The molecule has 0 aliphatic carbocycles. The number of rotatable bonds is 3. The Morgan fingerprint density at radius 2 is 2.00 bits per heavy atom. The van der Waals surface area contributed by atoms with Gasteiger partial charge in [-0.25, -0.2) is 15.0 Å². The highest BCUT2D eigenvalue weighted by Crippen LogP contribution is 2.11. The number of carboxylic acids is 1. The second-order valence-corrected chi connectivity index (χ2v) is 4.68. The third-order valence-corrected chi connectivity index (χ3v) is 1.85. The van der Waals surface area contributed by atoms with E-state index in [4.69, 9.17) is 9.84 Å². The number of carbonyl (C=O) groups excluding carboxylic acids is 1. The maximum atomic E-state index is 11.4. The lowest BCUT2D eigenvalue weighted by Crippen LogP contribution is -2.36. The van der Waals surface area contributed by atoms with Crippen molar-refractivity contribution in [3.8, 4) is 0 Å². The highest BCUT2D eigenvalue weighted by Gasteiger charge is 2.17. The minimum absolute atomic E-state index is 0.0397. The molecule has 1 aromatic rings. The number of H-pyrrole nitrogens is 1. The molecule has 8 nitrogen and oxygen atoms in total. The number of amides is 1. The normalized spacial score (nSPS) is 10.7. The average molecular weight is 269 g/mol. The molecule has 1 aromatic heterocycles. The van der Waals surface area contributed by atoms with Gasteiger partial charge in [-0.3, -0.25) is 10.2 Å². The molecule has 0 saturated heterocycles. The standard InChI is InChI=1S/C11H15N3O5/c1-11(2,3)19-10(18)14-13-7-4-8(15)12-5-6(7)9(16)17/h4-5H,1-3H3,(H,14,18)(H,16,17)(H2,12,13,15). The minimum atomic E-state index is -1.25. The molecule has 0 spiro atoms. The molecule has 1 amide bonds. The van der Waals surface area contributed by atoms with E-state index in [-0.39, 0.29) is 11.3 Å². The Kier molecular flexibility index (Phi) is 4.15. The number of hydrogen-bond acceptors (Lipinski definition) is 5. The molecule has 0 bridgehead atoms. The van der Waals surface area contributed by atoms with E-state index in [0.717, 1.165) is 12.3 Å². The predicted octanol–water partition coefficient (Wildman–Crippen LogP) is 0.925. The van der Waals surface area contributed by atoms with Crippen LogP contribution in [0.2, 0.25) is 0 Å². The molecule has 4 N–H and O–H groups in total.